The molecule has 5 nitrogen and oxygen atoms in total. The van der Waals surface area contributed by atoms with Crippen molar-refractivity contribution in [1.82, 2.24) is 4.90 Å². The average molecular weight is 361 g/mol. The molecule has 1 N–H and O–H groups in total. The number of hydrogen-bond donors (Lipinski definition) is 1. The van der Waals surface area contributed by atoms with Crippen LogP contribution in [0, 0.1) is 5.92 Å². The summed E-state index contributed by atoms with van der Waals surface area (Å²) in [7, 11) is 0. The molecule has 2 aromatic carbocycles. The molecule has 1 aliphatic heterocycles. The van der Waals surface area contributed by atoms with Crippen LogP contribution in [0.25, 0.3) is 0 Å². The van der Waals surface area contributed by atoms with Crippen LogP contribution in [0.15, 0.2) is 54.6 Å². The van der Waals surface area contributed by atoms with Crippen molar-refractivity contribution in [2.24, 2.45) is 5.92 Å². The summed E-state index contributed by atoms with van der Waals surface area (Å²) in [6.45, 7) is -2.84. The van der Waals surface area contributed by atoms with Crippen LogP contribution in [-0.2, 0) is 4.79 Å². The number of alkyl halides is 2. The predicted octanol–water partition coefficient (Wildman–Crippen LogP) is 3.23. The molecular weight excluding hydrogens is 344 g/mol. The number of hydrogen-bond acceptors (Lipinski definition) is 3. The first-order valence-corrected chi connectivity index (χ1v) is 8.08. The zero-order valence-electron chi connectivity index (χ0n) is 13.7. The molecule has 2 atom stereocenters. The van der Waals surface area contributed by atoms with Gasteiger partial charge in [-0.2, -0.15) is 8.78 Å². The van der Waals surface area contributed by atoms with Crippen molar-refractivity contribution >= 4 is 11.9 Å². The maximum absolute atomic E-state index is 12.8. The second kappa shape index (κ2) is 7.51. The first-order valence-electron chi connectivity index (χ1n) is 8.08. The molecule has 3 rings (SSSR count). The van der Waals surface area contributed by atoms with Crippen molar-refractivity contribution in [3.8, 4) is 5.75 Å². The average Bonchev–Trinajstić information content (AvgIpc) is 3.07. The highest BCUT2D eigenvalue weighted by Gasteiger charge is 2.41. The second-order valence-corrected chi connectivity index (χ2v) is 6.05. The van der Waals surface area contributed by atoms with Crippen molar-refractivity contribution in [3.05, 3.63) is 65.7 Å². The maximum Gasteiger partial charge on any atom is 0.387 e. The summed E-state index contributed by atoms with van der Waals surface area (Å²) in [6.07, 6.45) is 0. The Balaban J connectivity index is 1.86. The van der Waals surface area contributed by atoms with Gasteiger partial charge in [-0.05, 0) is 17.7 Å². The number of halogens is 2. The topological polar surface area (TPSA) is 66.8 Å². The van der Waals surface area contributed by atoms with Gasteiger partial charge in [-0.1, -0.05) is 42.5 Å². The lowest BCUT2D eigenvalue weighted by Crippen LogP contribution is -2.30. The molecule has 7 heteroatoms. The Kier molecular flexibility index (Phi) is 5.16. The summed E-state index contributed by atoms with van der Waals surface area (Å²) >= 11 is 0. The maximum atomic E-state index is 12.8. The van der Waals surface area contributed by atoms with E-state index in [0.29, 0.717) is 0 Å². The van der Waals surface area contributed by atoms with Crippen LogP contribution >= 0.6 is 0 Å². The first kappa shape index (κ1) is 17.8. The van der Waals surface area contributed by atoms with Crippen LogP contribution in [0.4, 0.5) is 8.78 Å². The summed E-state index contributed by atoms with van der Waals surface area (Å²) in [5, 5.41) is 9.53. The van der Waals surface area contributed by atoms with Crippen LogP contribution in [0.1, 0.15) is 21.8 Å². The molecule has 26 heavy (non-hydrogen) atoms. The molecule has 1 aliphatic rings. The fraction of sp³-hybridized carbons (Fsp3) is 0.263. The number of carboxylic acids is 1. The van der Waals surface area contributed by atoms with Crippen LogP contribution in [0.2, 0.25) is 0 Å². The summed E-state index contributed by atoms with van der Waals surface area (Å²) in [6, 6.07) is 14.8. The third kappa shape index (κ3) is 3.66. The van der Waals surface area contributed by atoms with E-state index in [4.69, 9.17) is 0 Å². The smallest absolute Gasteiger partial charge is 0.387 e. The highest BCUT2D eigenvalue weighted by Crippen LogP contribution is 2.34. The zero-order valence-corrected chi connectivity index (χ0v) is 13.7. The number of carbonyl (C=O) groups excluding carboxylic acids is 1. The van der Waals surface area contributed by atoms with Gasteiger partial charge in [-0.3, -0.25) is 9.59 Å². The SMILES string of the molecule is O=C(O)[C@@H]1CN(C(=O)c2ccccc2OC(F)F)C[C@@H]1c1ccccc1. The molecule has 0 aliphatic carbocycles. The van der Waals surface area contributed by atoms with E-state index in [1.165, 1.54) is 23.1 Å². The number of para-hydroxylation sites is 1. The molecule has 1 saturated heterocycles. The largest absolute Gasteiger partial charge is 0.481 e. The van der Waals surface area contributed by atoms with Gasteiger partial charge < -0.3 is 14.7 Å². The Labute approximate surface area is 148 Å². The van der Waals surface area contributed by atoms with E-state index in [-0.39, 0.29) is 30.3 Å². The van der Waals surface area contributed by atoms with Gasteiger partial charge in [0.05, 0.1) is 11.5 Å². The fourth-order valence-corrected chi connectivity index (χ4v) is 3.27. The number of carboxylic acid groups (broad SMARTS) is 1. The summed E-state index contributed by atoms with van der Waals surface area (Å²) in [5.41, 5.74) is 0.818. The van der Waals surface area contributed by atoms with Gasteiger partial charge in [0.2, 0.25) is 0 Å². The monoisotopic (exact) mass is 361 g/mol. The first-order chi connectivity index (χ1) is 12.5. The Morgan fingerprint density at radius 1 is 1.04 bits per heavy atom. The van der Waals surface area contributed by atoms with E-state index in [2.05, 4.69) is 4.74 Å². The van der Waals surface area contributed by atoms with E-state index >= 15 is 0 Å². The molecule has 136 valence electrons. The number of amides is 1. The lowest BCUT2D eigenvalue weighted by molar-refractivity contribution is -0.141. The molecule has 2 aromatic rings. The third-order valence-electron chi connectivity index (χ3n) is 4.49. The number of likely N-dealkylation sites (tertiary alicyclic amines) is 1. The highest BCUT2D eigenvalue weighted by molar-refractivity contribution is 5.97. The minimum absolute atomic E-state index is 0.00866. The van der Waals surface area contributed by atoms with Crippen molar-refractivity contribution < 1.29 is 28.2 Å². The molecule has 1 heterocycles. The summed E-state index contributed by atoms with van der Waals surface area (Å²) in [4.78, 5) is 25.8. The fourth-order valence-electron chi connectivity index (χ4n) is 3.27. The van der Waals surface area contributed by atoms with Gasteiger partial charge in [0.15, 0.2) is 0 Å². The Morgan fingerprint density at radius 2 is 1.69 bits per heavy atom. The Bertz CT molecular complexity index is 797. The molecule has 1 amide bonds. The Morgan fingerprint density at radius 3 is 2.35 bits per heavy atom. The van der Waals surface area contributed by atoms with Gasteiger partial charge >= 0.3 is 12.6 Å². The van der Waals surface area contributed by atoms with Crippen LogP contribution in [0.3, 0.4) is 0 Å². The van der Waals surface area contributed by atoms with Gasteiger partial charge in [0.25, 0.3) is 5.91 Å². The molecule has 0 bridgehead atoms. The molecule has 0 radical (unpaired) electrons. The predicted molar refractivity (Wildman–Crippen MR) is 89.3 cm³/mol. The minimum atomic E-state index is -3.05. The van der Waals surface area contributed by atoms with E-state index in [0.717, 1.165) is 5.56 Å². The van der Waals surface area contributed by atoms with E-state index in [9.17, 15) is 23.5 Å². The van der Waals surface area contributed by atoms with Crippen molar-refractivity contribution in [3.63, 3.8) is 0 Å². The quantitative estimate of drug-likeness (QED) is 0.888. The normalized spacial score (nSPS) is 19.6. The number of benzene rings is 2. The number of ether oxygens (including phenoxy) is 1. The van der Waals surface area contributed by atoms with Crippen LogP contribution in [-0.4, -0.2) is 41.6 Å². The van der Waals surface area contributed by atoms with E-state index in [1.54, 1.807) is 6.07 Å². The second-order valence-electron chi connectivity index (χ2n) is 6.05. The van der Waals surface area contributed by atoms with Crippen LogP contribution in [0.5, 0.6) is 5.75 Å². The van der Waals surface area contributed by atoms with Crippen molar-refractivity contribution in [2.45, 2.75) is 12.5 Å². The molecule has 0 unspecified atom stereocenters. The van der Waals surface area contributed by atoms with Gasteiger partial charge in [0, 0.05) is 19.0 Å². The molecule has 0 aromatic heterocycles. The summed E-state index contributed by atoms with van der Waals surface area (Å²) < 4.78 is 29.5. The number of nitrogens with zero attached hydrogens (tertiary/aromatic N) is 1. The number of rotatable bonds is 5. The summed E-state index contributed by atoms with van der Waals surface area (Å²) in [5.74, 6) is -2.86. The van der Waals surface area contributed by atoms with Crippen molar-refractivity contribution in [1.29, 1.82) is 0 Å². The third-order valence-corrected chi connectivity index (χ3v) is 4.49. The van der Waals surface area contributed by atoms with Gasteiger partial charge in [0.1, 0.15) is 5.75 Å². The molecule has 0 spiro atoms. The van der Waals surface area contributed by atoms with Gasteiger partial charge in [-0.15, -0.1) is 0 Å². The van der Waals surface area contributed by atoms with Crippen LogP contribution < -0.4 is 4.74 Å². The lowest BCUT2D eigenvalue weighted by atomic mass is 9.89. The minimum Gasteiger partial charge on any atom is -0.481 e. The molecular formula is C19H17F2NO4. The molecule has 1 fully saturated rings. The lowest BCUT2D eigenvalue weighted by Gasteiger charge is -2.18. The van der Waals surface area contributed by atoms with Gasteiger partial charge in [-0.25, -0.2) is 0 Å². The number of carbonyl (C=O) groups is 2. The van der Waals surface area contributed by atoms with E-state index < -0.39 is 24.4 Å². The highest BCUT2D eigenvalue weighted by atomic mass is 19.3. The zero-order chi connectivity index (χ0) is 18.7. The molecule has 0 saturated carbocycles. The standard InChI is InChI=1S/C19H17F2NO4/c20-19(21)26-16-9-5-4-8-13(16)17(23)22-10-14(15(11-22)18(24)25)12-6-2-1-3-7-12/h1-9,14-15,19H,10-11H2,(H,24,25)/t14-,15-/m1/s1. The van der Waals surface area contributed by atoms with Crippen molar-refractivity contribution in [2.75, 3.05) is 13.1 Å². The Hall–Kier alpha value is -2.96. The van der Waals surface area contributed by atoms with E-state index in [1.807, 2.05) is 30.3 Å². The number of aliphatic carboxylic acids is 1.